The molecule has 1 aliphatic heterocycles. The molecule has 1 heterocycles. The predicted molar refractivity (Wildman–Crippen MR) is 118 cm³/mol. The number of hydrogen-bond donors (Lipinski definition) is 2. The van der Waals surface area contributed by atoms with Gasteiger partial charge in [0.2, 0.25) is 0 Å². The lowest BCUT2D eigenvalue weighted by Gasteiger charge is -2.34. The maximum Gasteiger partial charge on any atom is 0.573 e. The first-order valence-corrected chi connectivity index (χ1v) is 10.0. The number of rotatable bonds is 7. The molecule has 2 fully saturated rings. The Morgan fingerprint density at radius 3 is 2.42 bits per heavy atom. The van der Waals surface area contributed by atoms with E-state index < -0.39 is 6.36 Å². The lowest BCUT2D eigenvalue weighted by Crippen LogP contribution is -2.45. The Morgan fingerprint density at radius 1 is 1.00 bits per heavy atom. The Bertz CT molecular complexity index is 820. The van der Waals surface area contributed by atoms with Gasteiger partial charge >= 0.3 is 6.36 Å². The van der Waals surface area contributed by atoms with Crippen LogP contribution in [0.5, 0.6) is 11.5 Å². The van der Waals surface area contributed by atoms with Crippen LogP contribution in [-0.2, 0) is 6.54 Å². The second-order valence-electron chi connectivity index (χ2n) is 7.61. The van der Waals surface area contributed by atoms with E-state index in [1.54, 1.807) is 6.07 Å². The van der Waals surface area contributed by atoms with Crippen LogP contribution in [-0.4, -0.2) is 25.1 Å². The Hall–Kier alpha value is -1.67. The van der Waals surface area contributed by atoms with Gasteiger partial charge in [-0.25, -0.2) is 0 Å². The van der Waals surface area contributed by atoms with Gasteiger partial charge in [0.25, 0.3) is 0 Å². The highest BCUT2D eigenvalue weighted by molar-refractivity contribution is 5.85. The van der Waals surface area contributed by atoms with E-state index in [-0.39, 0.29) is 48.8 Å². The van der Waals surface area contributed by atoms with Crippen molar-refractivity contribution in [1.29, 1.82) is 0 Å². The van der Waals surface area contributed by atoms with Gasteiger partial charge in [-0.15, -0.1) is 38.0 Å². The summed E-state index contributed by atoms with van der Waals surface area (Å²) in [5, 5.41) is 7.09. The Kier molecular flexibility index (Phi) is 9.30. The zero-order chi connectivity index (χ0) is 20.3. The normalized spacial score (nSPS) is 20.9. The van der Waals surface area contributed by atoms with Crippen LogP contribution in [0, 0.1) is 0 Å². The molecule has 0 spiro atoms. The molecule has 1 saturated heterocycles. The number of piperidine rings is 1. The van der Waals surface area contributed by atoms with Crippen LogP contribution < -0.4 is 20.1 Å². The lowest BCUT2D eigenvalue weighted by molar-refractivity contribution is -0.274. The molecule has 0 aromatic heterocycles. The van der Waals surface area contributed by atoms with E-state index in [2.05, 4.69) is 27.5 Å². The molecule has 9 heteroatoms. The Labute approximate surface area is 192 Å². The first kappa shape index (κ1) is 25.6. The van der Waals surface area contributed by atoms with Gasteiger partial charge < -0.3 is 20.1 Å². The van der Waals surface area contributed by atoms with Crippen molar-refractivity contribution in [3.05, 3.63) is 59.7 Å². The largest absolute Gasteiger partial charge is 0.573 e. The third kappa shape index (κ3) is 7.45. The third-order valence-electron chi connectivity index (χ3n) is 5.26. The van der Waals surface area contributed by atoms with E-state index >= 15 is 0 Å². The molecular weight excluding hydrogens is 452 g/mol. The molecule has 0 radical (unpaired) electrons. The molecule has 4 rings (SSSR count). The number of halogens is 5. The zero-order valence-electron chi connectivity index (χ0n) is 16.9. The van der Waals surface area contributed by atoms with Gasteiger partial charge in [-0.1, -0.05) is 30.3 Å². The molecule has 0 amide bonds. The Morgan fingerprint density at radius 2 is 1.74 bits per heavy atom. The smallest absolute Gasteiger partial charge is 0.490 e. The van der Waals surface area contributed by atoms with Crippen LogP contribution in [0.3, 0.4) is 0 Å². The van der Waals surface area contributed by atoms with Crippen LogP contribution in [0.2, 0.25) is 0 Å². The van der Waals surface area contributed by atoms with E-state index in [0.29, 0.717) is 17.9 Å². The van der Waals surface area contributed by atoms with Crippen molar-refractivity contribution >= 4 is 24.8 Å². The highest BCUT2D eigenvalue weighted by Gasteiger charge is 2.32. The molecule has 0 bridgehead atoms. The van der Waals surface area contributed by atoms with Gasteiger partial charge in [0.15, 0.2) is 0 Å². The predicted octanol–water partition coefficient (Wildman–Crippen LogP) is 5.55. The summed E-state index contributed by atoms with van der Waals surface area (Å²) in [6.07, 6.45) is -0.549. The number of hydrogen-bond acceptors (Lipinski definition) is 4. The molecule has 2 aromatic carbocycles. The summed E-state index contributed by atoms with van der Waals surface area (Å²) in [6.45, 7) is 1.36. The lowest BCUT2D eigenvalue weighted by atomic mass is 9.92. The zero-order valence-corrected chi connectivity index (χ0v) is 18.5. The summed E-state index contributed by atoms with van der Waals surface area (Å²) in [6, 6.07) is 14.8. The van der Waals surface area contributed by atoms with Crippen LogP contribution in [0.1, 0.15) is 42.9 Å². The van der Waals surface area contributed by atoms with Crippen molar-refractivity contribution in [1.82, 2.24) is 10.6 Å². The van der Waals surface area contributed by atoms with Crippen molar-refractivity contribution in [3.63, 3.8) is 0 Å². The van der Waals surface area contributed by atoms with Gasteiger partial charge in [-0.05, 0) is 56.0 Å². The fourth-order valence-corrected chi connectivity index (χ4v) is 3.73. The molecule has 2 N–H and O–H groups in total. The minimum absolute atomic E-state index is 0. The molecule has 2 atom stereocenters. The third-order valence-corrected chi connectivity index (χ3v) is 5.26. The maximum absolute atomic E-state index is 12.6. The first-order chi connectivity index (χ1) is 14.0. The monoisotopic (exact) mass is 478 g/mol. The molecule has 2 aromatic rings. The van der Waals surface area contributed by atoms with Crippen LogP contribution in [0.25, 0.3) is 0 Å². The average Bonchev–Trinajstić information content (AvgIpc) is 3.52. The molecule has 0 unspecified atom stereocenters. The number of alkyl halides is 3. The van der Waals surface area contributed by atoms with Gasteiger partial charge in [0.05, 0.1) is 6.10 Å². The van der Waals surface area contributed by atoms with E-state index in [0.717, 1.165) is 32.2 Å². The molecule has 2 aliphatic rings. The second kappa shape index (κ2) is 11.3. The maximum atomic E-state index is 12.6. The molecule has 31 heavy (non-hydrogen) atoms. The van der Waals surface area contributed by atoms with E-state index in [9.17, 15) is 13.2 Å². The van der Waals surface area contributed by atoms with Crippen molar-refractivity contribution in [3.8, 4) is 11.5 Å². The highest BCUT2D eigenvalue weighted by atomic mass is 35.5. The topological polar surface area (TPSA) is 42.5 Å². The molecule has 172 valence electrons. The first-order valence-electron chi connectivity index (χ1n) is 10.0. The van der Waals surface area contributed by atoms with Gasteiger partial charge in [0.1, 0.15) is 11.5 Å². The van der Waals surface area contributed by atoms with E-state index in [1.807, 2.05) is 18.2 Å². The second-order valence-corrected chi connectivity index (χ2v) is 7.61. The van der Waals surface area contributed by atoms with Crippen molar-refractivity contribution in [2.75, 3.05) is 6.54 Å². The fraction of sp³-hybridized carbons (Fsp3) is 0.455. The van der Waals surface area contributed by atoms with Crippen molar-refractivity contribution < 1.29 is 22.6 Å². The molecule has 1 saturated carbocycles. The number of benzene rings is 2. The summed E-state index contributed by atoms with van der Waals surface area (Å²) >= 11 is 0. The van der Waals surface area contributed by atoms with Crippen LogP contribution >= 0.6 is 24.8 Å². The summed E-state index contributed by atoms with van der Waals surface area (Å²) in [4.78, 5) is 0. The summed E-state index contributed by atoms with van der Waals surface area (Å²) in [7, 11) is 0. The summed E-state index contributed by atoms with van der Waals surface area (Å²) in [5.74, 6) is 0.397. The number of nitrogens with one attached hydrogen (secondary N) is 2. The van der Waals surface area contributed by atoms with Crippen LogP contribution in [0.4, 0.5) is 13.2 Å². The van der Waals surface area contributed by atoms with Gasteiger partial charge in [-0.3, -0.25) is 0 Å². The molecule has 4 nitrogen and oxygen atoms in total. The summed E-state index contributed by atoms with van der Waals surface area (Å²) < 4.78 is 47.9. The molecular formula is C22H27Cl2F3N2O2. The average molecular weight is 479 g/mol. The van der Waals surface area contributed by atoms with Gasteiger partial charge in [0, 0.05) is 24.2 Å². The van der Waals surface area contributed by atoms with E-state index in [1.165, 1.54) is 17.7 Å². The minimum Gasteiger partial charge on any atom is -0.490 e. The number of ether oxygens (including phenoxy) is 2. The standard InChI is InChI=1S/C22H25F3N2O2.2ClH/c23-22(24,25)29-18-10-11-20(28-17-8-9-17)16(13-18)14-27-19-7-4-12-26-21(19)15-5-2-1-3-6-15;;/h1-3,5-6,10-11,13,17,19,21,26-27H,4,7-9,12,14H2;2*1H/t19-,21-;;/m0../s1. The van der Waals surface area contributed by atoms with Crippen LogP contribution in [0.15, 0.2) is 48.5 Å². The Balaban J connectivity index is 0.00000171. The van der Waals surface area contributed by atoms with Gasteiger partial charge in [-0.2, -0.15) is 0 Å². The van der Waals surface area contributed by atoms with E-state index in [4.69, 9.17) is 4.74 Å². The SMILES string of the molecule is Cl.Cl.FC(F)(F)Oc1ccc(OC2CC2)c(CN[C@H]2CCCN[C@H]2c2ccccc2)c1. The highest BCUT2D eigenvalue weighted by Crippen LogP contribution is 2.33. The quantitative estimate of drug-likeness (QED) is 0.547. The summed E-state index contributed by atoms with van der Waals surface area (Å²) in [5.41, 5.74) is 1.88. The minimum atomic E-state index is -4.71. The molecule has 1 aliphatic carbocycles. The van der Waals surface area contributed by atoms with Crippen molar-refractivity contribution in [2.24, 2.45) is 0 Å². The van der Waals surface area contributed by atoms with Crippen molar-refractivity contribution in [2.45, 2.75) is 56.8 Å². The fourth-order valence-electron chi connectivity index (χ4n) is 3.73.